The van der Waals surface area contributed by atoms with E-state index in [9.17, 15) is 0 Å². The van der Waals surface area contributed by atoms with Gasteiger partial charge >= 0.3 is 27.4 Å². The number of rotatable bonds is 0. The SMILES string of the molecule is [La].[O]=[W](=[O])=[O]. The Morgan fingerprint density at radius 2 is 1.00 bits per heavy atom. The molecule has 0 unspecified atom stereocenters. The van der Waals surface area contributed by atoms with Crippen LogP contribution >= 0.6 is 0 Å². The molecule has 5 heavy (non-hydrogen) atoms. The first-order valence-electron chi connectivity index (χ1n) is 0.500. The average molecular weight is 371 g/mol. The van der Waals surface area contributed by atoms with Crippen molar-refractivity contribution in [1.29, 1.82) is 0 Å². The topological polar surface area (TPSA) is 51.2 Å². The fourth-order valence-corrected chi connectivity index (χ4v) is 0. The van der Waals surface area contributed by atoms with E-state index in [2.05, 4.69) is 0 Å². The number of hydrogen-bond donors (Lipinski definition) is 0. The van der Waals surface area contributed by atoms with Crippen LogP contribution in [0, 0.1) is 35.6 Å². The van der Waals surface area contributed by atoms with Gasteiger partial charge < -0.3 is 0 Å². The Hall–Kier alpha value is 1.28. The average Bonchev–Trinajstić information content (AvgIpc) is 0.811. The molecule has 0 aliphatic rings. The molecule has 0 spiro atoms. The Balaban J connectivity index is 0. The summed E-state index contributed by atoms with van der Waals surface area (Å²) in [5, 5.41) is 0. The summed E-state index contributed by atoms with van der Waals surface area (Å²) in [5.41, 5.74) is 0. The van der Waals surface area contributed by atoms with Crippen molar-refractivity contribution in [2.45, 2.75) is 0 Å². The van der Waals surface area contributed by atoms with Crippen molar-refractivity contribution >= 4 is 0 Å². The fraction of sp³-hybridized carbons (Fsp3) is 0. The van der Waals surface area contributed by atoms with Crippen molar-refractivity contribution in [2.24, 2.45) is 0 Å². The zero-order chi connectivity index (χ0) is 3.58. The molecule has 0 aromatic carbocycles. The summed E-state index contributed by atoms with van der Waals surface area (Å²) in [7, 11) is 0. The molecule has 3 nitrogen and oxygen atoms in total. The van der Waals surface area contributed by atoms with Crippen LogP contribution in [0.2, 0.25) is 0 Å². The van der Waals surface area contributed by atoms with Crippen LogP contribution in [-0.2, 0) is 27.4 Å². The van der Waals surface area contributed by atoms with Crippen molar-refractivity contribution in [3.8, 4) is 0 Å². The van der Waals surface area contributed by atoms with E-state index in [1.165, 1.54) is 0 Å². The van der Waals surface area contributed by atoms with E-state index in [0.29, 0.717) is 0 Å². The van der Waals surface area contributed by atoms with Crippen molar-refractivity contribution in [3.63, 3.8) is 0 Å². The van der Waals surface area contributed by atoms with Crippen LogP contribution < -0.4 is 0 Å². The maximum absolute atomic E-state index is 8.61. The molecule has 0 rings (SSSR count). The molecule has 27 valence electrons. The molecule has 0 atom stereocenters. The van der Waals surface area contributed by atoms with Gasteiger partial charge in [0.2, 0.25) is 0 Å². The standard InChI is InChI=1S/La.3O.W. The van der Waals surface area contributed by atoms with Crippen molar-refractivity contribution in [3.05, 3.63) is 0 Å². The van der Waals surface area contributed by atoms with E-state index in [4.69, 9.17) is 10.2 Å². The van der Waals surface area contributed by atoms with Gasteiger partial charge in [-0.15, -0.1) is 0 Å². The zero-order valence-corrected chi connectivity index (χ0v) is 8.77. The molecule has 5 heteroatoms. The van der Waals surface area contributed by atoms with Crippen LogP contribution in [0.4, 0.5) is 0 Å². The first-order chi connectivity index (χ1) is 1.73. The third-order valence-electron chi connectivity index (χ3n) is 0. The van der Waals surface area contributed by atoms with Gasteiger partial charge in [-0.05, 0) is 0 Å². The van der Waals surface area contributed by atoms with E-state index < -0.39 is 17.2 Å². The summed E-state index contributed by atoms with van der Waals surface area (Å²) in [4.78, 5) is 0. The van der Waals surface area contributed by atoms with Crippen molar-refractivity contribution in [2.75, 3.05) is 0 Å². The van der Waals surface area contributed by atoms with E-state index in [-0.39, 0.29) is 35.6 Å². The first kappa shape index (κ1) is 9.56. The van der Waals surface area contributed by atoms with Crippen LogP contribution in [0.3, 0.4) is 0 Å². The summed E-state index contributed by atoms with van der Waals surface area (Å²) in [5.74, 6) is 0. The Morgan fingerprint density at radius 3 is 1.00 bits per heavy atom. The Kier molecular flexibility index (Phi) is 10.1. The van der Waals surface area contributed by atoms with Gasteiger partial charge in [-0.25, -0.2) is 0 Å². The van der Waals surface area contributed by atoms with Crippen LogP contribution in [-0.4, -0.2) is 0 Å². The molecule has 0 bridgehead atoms. The van der Waals surface area contributed by atoms with Crippen LogP contribution in [0.1, 0.15) is 0 Å². The number of hydrogen-bond acceptors (Lipinski definition) is 3. The third kappa shape index (κ3) is 34.6. The molecule has 1 radical (unpaired) electrons. The molecular weight excluding hydrogens is 371 g/mol. The summed E-state index contributed by atoms with van der Waals surface area (Å²) in [6.45, 7) is 0. The van der Waals surface area contributed by atoms with Gasteiger partial charge in [-0.3, -0.25) is 0 Å². The van der Waals surface area contributed by atoms with E-state index >= 15 is 0 Å². The molecule has 0 saturated carbocycles. The molecule has 0 aromatic rings. The van der Waals surface area contributed by atoms with Crippen molar-refractivity contribution in [1.82, 2.24) is 0 Å². The summed E-state index contributed by atoms with van der Waals surface area (Å²) in [6, 6.07) is 0. The van der Waals surface area contributed by atoms with Gasteiger partial charge in [0, 0.05) is 35.6 Å². The molecule has 0 amide bonds. The Labute approximate surface area is 62.2 Å². The second-order valence-corrected chi connectivity index (χ2v) is 1.67. The first-order valence-corrected chi connectivity index (χ1v) is 4.09. The summed E-state index contributed by atoms with van der Waals surface area (Å²) >= 11 is -4.28. The monoisotopic (exact) mass is 371 g/mol. The molecule has 0 fully saturated rings. The predicted molar refractivity (Wildman–Crippen MR) is 2.06 cm³/mol. The van der Waals surface area contributed by atoms with Gasteiger partial charge in [-0.2, -0.15) is 0 Å². The fourth-order valence-electron chi connectivity index (χ4n) is 0. The minimum absolute atomic E-state index is 0. The van der Waals surface area contributed by atoms with Crippen LogP contribution in [0.5, 0.6) is 0 Å². The van der Waals surface area contributed by atoms with Crippen LogP contribution in [0.15, 0.2) is 0 Å². The normalized spacial score (nSPS) is 4.80. The Morgan fingerprint density at radius 1 is 1.00 bits per heavy atom. The second kappa shape index (κ2) is 5.28. The molecule has 0 aliphatic carbocycles. The van der Waals surface area contributed by atoms with Gasteiger partial charge in [0.15, 0.2) is 0 Å². The molecule has 0 aliphatic heterocycles. The molecular formula is LaO3W. The van der Waals surface area contributed by atoms with E-state index in [1.807, 2.05) is 0 Å². The van der Waals surface area contributed by atoms with E-state index in [1.54, 1.807) is 0 Å². The quantitative estimate of drug-likeness (QED) is 0.585. The maximum atomic E-state index is 8.61. The zero-order valence-electron chi connectivity index (χ0n) is 2.21. The van der Waals surface area contributed by atoms with Crippen LogP contribution in [0.25, 0.3) is 0 Å². The van der Waals surface area contributed by atoms with Crippen molar-refractivity contribution < 1.29 is 63.0 Å². The van der Waals surface area contributed by atoms with E-state index in [0.717, 1.165) is 0 Å². The predicted octanol–water partition coefficient (Wildman–Crippen LogP) is -0.359. The second-order valence-electron chi connectivity index (χ2n) is 0.204. The van der Waals surface area contributed by atoms with Gasteiger partial charge in [-0.1, -0.05) is 0 Å². The summed E-state index contributed by atoms with van der Waals surface area (Å²) < 4.78 is 25.8. The minimum atomic E-state index is -4.28. The Bertz CT molecular complexity index is 76.3. The molecule has 0 saturated heterocycles. The van der Waals surface area contributed by atoms with Gasteiger partial charge in [0.25, 0.3) is 0 Å². The van der Waals surface area contributed by atoms with Gasteiger partial charge in [0.05, 0.1) is 0 Å². The molecule has 0 N–H and O–H groups in total. The molecule has 0 heterocycles. The summed E-state index contributed by atoms with van der Waals surface area (Å²) in [6.07, 6.45) is 0. The third-order valence-corrected chi connectivity index (χ3v) is 0. The van der Waals surface area contributed by atoms with Gasteiger partial charge in [0.1, 0.15) is 0 Å². The molecule has 0 aromatic heterocycles.